The number of carbonyl (C=O) groups is 1. The van der Waals surface area contributed by atoms with Gasteiger partial charge in [0, 0.05) is 24.7 Å². The molecule has 1 N–H and O–H groups in total. The van der Waals surface area contributed by atoms with E-state index in [1.165, 1.54) is 11.7 Å². The molecule has 6 nitrogen and oxygen atoms in total. The summed E-state index contributed by atoms with van der Waals surface area (Å²) >= 11 is 0. The fourth-order valence-electron chi connectivity index (χ4n) is 3.51. The van der Waals surface area contributed by atoms with E-state index in [1.807, 2.05) is 24.3 Å². The van der Waals surface area contributed by atoms with Crippen molar-refractivity contribution in [2.75, 3.05) is 18.6 Å². The van der Waals surface area contributed by atoms with Crippen molar-refractivity contribution in [2.45, 2.75) is 6.42 Å². The van der Waals surface area contributed by atoms with Crippen LogP contribution in [0.3, 0.4) is 0 Å². The maximum absolute atomic E-state index is 13.1. The average molecular weight is 350 g/mol. The first-order chi connectivity index (χ1) is 12.5. The number of aryl methyl sites for hydroxylation is 1. The number of ether oxygens (including phenoxy) is 1. The summed E-state index contributed by atoms with van der Waals surface area (Å²) < 4.78 is 6.58. The molecule has 0 bridgehead atoms. The first-order valence-electron chi connectivity index (χ1n) is 8.32. The van der Waals surface area contributed by atoms with Crippen LogP contribution < -0.4 is 15.2 Å². The Kier molecular flexibility index (Phi) is 3.68. The van der Waals surface area contributed by atoms with Crippen LogP contribution in [0.4, 0.5) is 5.69 Å². The van der Waals surface area contributed by atoms with E-state index >= 15 is 0 Å². The van der Waals surface area contributed by atoms with Gasteiger partial charge in [-0.3, -0.25) is 9.59 Å². The van der Waals surface area contributed by atoms with Gasteiger partial charge in [0.2, 0.25) is 0 Å². The van der Waals surface area contributed by atoms with Gasteiger partial charge in [-0.25, -0.2) is 0 Å². The maximum atomic E-state index is 13.1. The number of nitrogens with zero attached hydrogens (tertiary/aromatic N) is 2. The van der Waals surface area contributed by atoms with Gasteiger partial charge in [-0.2, -0.15) is 0 Å². The molecule has 0 atom stereocenters. The summed E-state index contributed by atoms with van der Waals surface area (Å²) in [6.45, 7) is 0.483. The lowest BCUT2D eigenvalue weighted by Gasteiger charge is -2.19. The molecule has 26 heavy (non-hydrogen) atoms. The molecule has 1 aliphatic heterocycles. The van der Waals surface area contributed by atoms with Gasteiger partial charge in [-0.15, -0.1) is 0 Å². The van der Waals surface area contributed by atoms with Crippen molar-refractivity contribution in [1.82, 2.24) is 4.57 Å². The Hall–Kier alpha value is -3.28. The summed E-state index contributed by atoms with van der Waals surface area (Å²) in [5.41, 5.74) is 1.63. The minimum absolute atomic E-state index is 0.218. The minimum Gasteiger partial charge on any atom is -0.506 e. The highest BCUT2D eigenvalue weighted by molar-refractivity contribution is 6.11. The summed E-state index contributed by atoms with van der Waals surface area (Å²) in [7, 11) is 3.11. The minimum atomic E-state index is -0.519. The third-order valence-corrected chi connectivity index (χ3v) is 4.92. The zero-order valence-electron chi connectivity index (χ0n) is 14.5. The number of methoxy groups -OCH3 is 1. The van der Waals surface area contributed by atoms with E-state index in [9.17, 15) is 14.7 Å². The van der Waals surface area contributed by atoms with Crippen molar-refractivity contribution < 1.29 is 14.6 Å². The Balaban J connectivity index is 1.92. The van der Waals surface area contributed by atoms with Crippen LogP contribution >= 0.6 is 0 Å². The SMILES string of the molecule is COc1ccc2c(c1)c(O)c(C(=O)N1CCc3ccccc31)c(=O)n2C. The molecule has 2 heterocycles. The van der Waals surface area contributed by atoms with Crippen molar-refractivity contribution in [3.05, 3.63) is 63.9 Å². The Morgan fingerprint density at radius 2 is 1.96 bits per heavy atom. The second-order valence-electron chi connectivity index (χ2n) is 6.31. The van der Waals surface area contributed by atoms with Crippen LogP contribution in [0.2, 0.25) is 0 Å². The van der Waals surface area contributed by atoms with Crippen LogP contribution in [0.15, 0.2) is 47.3 Å². The molecule has 1 aromatic heterocycles. The zero-order valence-corrected chi connectivity index (χ0v) is 14.5. The van der Waals surface area contributed by atoms with Crippen molar-refractivity contribution in [3.8, 4) is 11.5 Å². The molecule has 6 heteroatoms. The standard InChI is InChI=1S/C20H18N2O4/c1-21-16-8-7-13(26-2)11-14(16)18(23)17(19(21)24)20(25)22-10-9-12-5-3-4-6-15(12)22/h3-8,11,23H,9-10H2,1-2H3. The first kappa shape index (κ1) is 16.2. The molecule has 4 rings (SSSR count). The number of carbonyl (C=O) groups excluding carboxylic acids is 1. The summed E-state index contributed by atoms with van der Waals surface area (Å²) in [5, 5.41) is 11.1. The predicted molar refractivity (Wildman–Crippen MR) is 99.2 cm³/mol. The number of hydrogen-bond donors (Lipinski definition) is 1. The van der Waals surface area contributed by atoms with E-state index in [4.69, 9.17) is 4.74 Å². The Bertz CT molecular complexity index is 1100. The molecule has 1 aliphatic rings. The third-order valence-electron chi connectivity index (χ3n) is 4.92. The average Bonchev–Trinajstić information content (AvgIpc) is 3.10. The molecule has 0 radical (unpaired) electrons. The van der Waals surface area contributed by atoms with E-state index in [0.717, 1.165) is 17.7 Å². The topological polar surface area (TPSA) is 71.8 Å². The number of hydrogen-bond acceptors (Lipinski definition) is 4. The van der Waals surface area contributed by atoms with Crippen molar-refractivity contribution in [2.24, 2.45) is 7.05 Å². The van der Waals surface area contributed by atoms with Crippen LogP contribution in [0, 0.1) is 0 Å². The number of fused-ring (bicyclic) bond motifs is 2. The van der Waals surface area contributed by atoms with Gasteiger partial charge in [0.05, 0.1) is 12.6 Å². The Labute approximate surface area is 149 Å². The molecule has 0 spiro atoms. The summed E-state index contributed by atoms with van der Waals surface area (Å²) in [6.07, 6.45) is 0.727. The van der Waals surface area contributed by atoms with E-state index < -0.39 is 11.5 Å². The van der Waals surface area contributed by atoms with E-state index in [2.05, 4.69) is 0 Å². The summed E-state index contributed by atoms with van der Waals surface area (Å²) in [6, 6.07) is 12.6. The number of anilines is 1. The monoisotopic (exact) mass is 350 g/mol. The molecule has 0 aliphatic carbocycles. The lowest BCUT2D eigenvalue weighted by Crippen LogP contribution is -2.35. The second kappa shape index (κ2) is 5.91. The van der Waals surface area contributed by atoms with Gasteiger partial charge >= 0.3 is 0 Å². The van der Waals surface area contributed by atoms with E-state index in [1.54, 1.807) is 30.1 Å². The molecule has 1 amide bonds. The highest BCUT2D eigenvalue weighted by Gasteiger charge is 2.30. The number of rotatable bonds is 2. The van der Waals surface area contributed by atoms with Gasteiger partial charge in [0.25, 0.3) is 11.5 Å². The fraction of sp³-hybridized carbons (Fsp3) is 0.200. The highest BCUT2D eigenvalue weighted by Crippen LogP contribution is 2.33. The van der Waals surface area contributed by atoms with Crippen LogP contribution in [0.5, 0.6) is 11.5 Å². The summed E-state index contributed by atoms with van der Waals surface area (Å²) in [5.74, 6) is -0.259. The molecular weight excluding hydrogens is 332 g/mol. The predicted octanol–water partition coefficient (Wildman–Crippen LogP) is 2.46. The third kappa shape index (κ3) is 2.26. The number of aromatic nitrogens is 1. The molecule has 0 saturated heterocycles. The number of aromatic hydroxyl groups is 1. The maximum Gasteiger partial charge on any atom is 0.267 e. The molecule has 0 saturated carbocycles. The molecule has 0 fully saturated rings. The van der Waals surface area contributed by atoms with Crippen LogP contribution in [0.1, 0.15) is 15.9 Å². The van der Waals surface area contributed by atoms with Crippen molar-refractivity contribution in [1.29, 1.82) is 0 Å². The summed E-state index contributed by atoms with van der Waals surface area (Å²) in [4.78, 5) is 27.5. The van der Waals surface area contributed by atoms with E-state index in [-0.39, 0.29) is 11.3 Å². The van der Waals surface area contributed by atoms with Crippen LogP contribution in [0.25, 0.3) is 10.9 Å². The smallest absolute Gasteiger partial charge is 0.267 e. The quantitative estimate of drug-likeness (QED) is 0.771. The van der Waals surface area contributed by atoms with Gasteiger partial charge in [-0.05, 0) is 36.2 Å². The number of benzene rings is 2. The Morgan fingerprint density at radius 1 is 1.19 bits per heavy atom. The molecule has 0 unspecified atom stereocenters. The lowest BCUT2D eigenvalue weighted by molar-refractivity contribution is 0.0985. The highest BCUT2D eigenvalue weighted by atomic mass is 16.5. The zero-order chi connectivity index (χ0) is 18.4. The lowest BCUT2D eigenvalue weighted by atomic mass is 10.1. The number of pyridine rings is 1. The molecule has 2 aromatic carbocycles. The van der Waals surface area contributed by atoms with Crippen molar-refractivity contribution in [3.63, 3.8) is 0 Å². The molecular formula is C20H18N2O4. The van der Waals surface area contributed by atoms with Gasteiger partial charge in [-0.1, -0.05) is 18.2 Å². The first-order valence-corrected chi connectivity index (χ1v) is 8.32. The van der Waals surface area contributed by atoms with Crippen LogP contribution in [-0.4, -0.2) is 29.2 Å². The van der Waals surface area contributed by atoms with E-state index in [0.29, 0.717) is 23.2 Å². The fourth-order valence-corrected chi connectivity index (χ4v) is 3.51. The molecule has 3 aromatic rings. The van der Waals surface area contributed by atoms with Gasteiger partial charge < -0.3 is 19.3 Å². The van der Waals surface area contributed by atoms with Gasteiger partial charge in [0.15, 0.2) is 0 Å². The largest absolute Gasteiger partial charge is 0.506 e. The number of para-hydroxylation sites is 1. The van der Waals surface area contributed by atoms with Gasteiger partial charge in [0.1, 0.15) is 17.1 Å². The van der Waals surface area contributed by atoms with Crippen LogP contribution in [-0.2, 0) is 13.5 Å². The Morgan fingerprint density at radius 3 is 2.73 bits per heavy atom. The number of amides is 1. The molecule has 132 valence electrons. The second-order valence-corrected chi connectivity index (χ2v) is 6.31. The van der Waals surface area contributed by atoms with Crippen molar-refractivity contribution >= 4 is 22.5 Å². The normalized spacial score (nSPS) is 13.1.